The fourth-order valence-corrected chi connectivity index (χ4v) is 2.40. The van der Waals surface area contributed by atoms with Crippen molar-refractivity contribution in [2.75, 3.05) is 5.32 Å². The van der Waals surface area contributed by atoms with E-state index in [1.807, 2.05) is 12.1 Å². The molecule has 1 aromatic heterocycles. The van der Waals surface area contributed by atoms with Crippen LogP contribution in [0.4, 0.5) is 21.6 Å². The van der Waals surface area contributed by atoms with Gasteiger partial charge in [-0.3, -0.25) is 10.1 Å². The van der Waals surface area contributed by atoms with Gasteiger partial charge in [0.15, 0.2) is 0 Å². The van der Waals surface area contributed by atoms with E-state index in [9.17, 15) is 14.5 Å². The van der Waals surface area contributed by atoms with E-state index in [1.54, 1.807) is 12.1 Å². The molecule has 3 aromatic rings. The Kier molecular flexibility index (Phi) is 5.25. The summed E-state index contributed by atoms with van der Waals surface area (Å²) in [6.45, 7) is 4.14. The summed E-state index contributed by atoms with van der Waals surface area (Å²) in [6.07, 6.45) is 1.16. The molecule has 1 heterocycles. The van der Waals surface area contributed by atoms with E-state index >= 15 is 0 Å². The molecule has 0 fully saturated rings. The van der Waals surface area contributed by atoms with Crippen molar-refractivity contribution in [1.82, 2.24) is 9.97 Å². The summed E-state index contributed by atoms with van der Waals surface area (Å²) < 4.78 is 18.6. The number of benzene rings is 2. The quantitative estimate of drug-likeness (QED) is 0.476. The second-order valence-corrected chi connectivity index (χ2v) is 6.09. The van der Waals surface area contributed by atoms with E-state index in [4.69, 9.17) is 4.74 Å². The van der Waals surface area contributed by atoms with Crippen molar-refractivity contribution in [2.45, 2.75) is 19.8 Å². The number of nitrogens with one attached hydrogen (secondary N) is 1. The highest BCUT2D eigenvalue weighted by molar-refractivity contribution is 5.68. The van der Waals surface area contributed by atoms with Crippen LogP contribution in [-0.2, 0) is 0 Å². The zero-order valence-electron chi connectivity index (χ0n) is 14.7. The van der Waals surface area contributed by atoms with Gasteiger partial charge in [0.25, 0.3) is 0 Å². The lowest BCUT2D eigenvalue weighted by molar-refractivity contribution is -0.385. The van der Waals surface area contributed by atoms with Crippen molar-refractivity contribution in [2.24, 2.45) is 0 Å². The molecule has 8 heteroatoms. The maximum atomic E-state index is 13.0. The first kappa shape index (κ1) is 18.2. The van der Waals surface area contributed by atoms with Gasteiger partial charge in [-0.2, -0.15) is 4.98 Å². The second-order valence-electron chi connectivity index (χ2n) is 6.09. The van der Waals surface area contributed by atoms with Crippen LogP contribution in [-0.4, -0.2) is 14.9 Å². The van der Waals surface area contributed by atoms with E-state index in [1.165, 1.54) is 24.3 Å². The number of aromatic nitrogens is 2. The van der Waals surface area contributed by atoms with Gasteiger partial charge in [-0.05, 0) is 47.9 Å². The van der Waals surface area contributed by atoms with E-state index in [-0.39, 0.29) is 11.7 Å². The maximum Gasteiger partial charge on any atom is 0.373 e. The molecule has 0 spiro atoms. The van der Waals surface area contributed by atoms with Gasteiger partial charge in [-0.15, -0.1) is 0 Å². The van der Waals surface area contributed by atoms with Crippen LogP contribution in [0, 0.1) is 15.9 Å². The lowest BCUT2D eigenvalue weighted by Gasteiger charge is -2.10. The normalized spacial score (nSPS) is 10.7. The smallest absolute Gasteiger partial charge is 0.373 e. The number of hydrogen-bond acceptors (Lipinski definition) is 6. The monoisotopic (exact) mass is 368 g/mol. The number of anilines is 2. The van der Waals surface area contributed by atoms with Crippen LogP contribution in [0.5, 0.6) is 11.6 Å². The van der Waals surface area contributed by atoms with Gasteiger partial charge < -0.3 is 10.1 Å². The third-order valence-corrected chi connectivity index (χ3v) is 3.84. The molecule has 7 nitrogen and oxygen atoms in total. The number of nitrogens with zero attached hydrogens (tertiary/aromatic N) is 3. The van der Waals surface area contributed by atoms with Crippen LogP contribution in [0.2, 0.25) is 0 Å². The van der Waals surface area contributed by atoms with Crippen molar-refractivity contribution in [1.29, 1.82) is 0 Å². The fraction of sp³-hybridized carbons (Fsp3) is 0.158. The van der Waals surface area contributed by atoms with Crippen LogP contribution in [0.25, 0.3) is 0 Å². The lowest BCUT2D eigenvalue weighted by atomic mass is 10.0. The molecule has 0 amide bonds. The molecule has 0 saturated heterocycles. The Balaban J connectivity index is 1.91. The highest BCUT2D eigenvalue weighted by Gasteiger charge is 2.25. The first-order valence-electron chi connectivity index (χ1n) is 8.24. The largest absolute Gasteiger partial charge is 0.434 e. The Hall–Kier alpha value is -3.55. The zero-order valence-corrected chi connectivity index (χ0v) is 14.7. The van der Waals surface area contributed by atoms with Crippen LogP contribution < -0.4 is 10.1 Å². The topological polar surface area (TPSA) is 90.2 Å². The summed E-state index contributed by atoms with van der Waals surface area (Å²) in [5.74, 6) is 0.145. The van der Waals surface area contributed by atoms with Crippen LogP contribution in [0.15, 0.2) is 54.9 Å². The van der Waals surface area contributed by atoms with Crippen LogP contribution >= 0.6 is 0 Å². The van der Waals surface area contributed by atoms with Gasteiger partial charge in [0, 0.05) is 5.69 Å². The summed E-state index contributed by atoms with van der Waals surface area (Å²) in [5.41, 5.74) is 1.17. The molecule has 0 saturated carbocycles. The average Bonchev–Trinajstić information content (AvgIpc) is 2.64. The highest BCUT2D eigenvalue weighted by atomic mass is 19.1. The SMILES string of the molecule is CC(C)c1ccc(Oc2ncnc(Nc3ccc(F)cc3)c2[N+](=O)[O-])cc1. The third kappa shape index (κ3) is 4.35. The lowest BCUT2D eigenvalue weighted by Crippen LogP contribution is -2.03. The number of halogens is 1. The minimum absolute atomic E-state index is 0.0459. The van der Waals surface area contributed by atoms with Crippen LogP contribution in [0.1, 0.15) is 25.3 Å². The predicted molar refractivity (Wildman–Crippen MR) is 99.0 cm³/mol. The van der Waals surface area contributed by atoms with Gasteiger partial charge in [0.2, 0.25) is 5.82 Å². The average molecular weight is 368 g/mol. The Labute approximate surface area is 155 Å². The number of ether oxygens (including phenoxy) is 1. The Morgan fingerprint density at radius 1 is 1.07 bits per heavy atom. The van der Waals surface area contributed by atoms with Crippen molar-refractivity contribution in [3.63, 3.8) is 0 Å². The van der Waals surface area contributed by atoms with Crippen molar-refractivity contribution < 1.29 is 14.1 Å². The molecular weight excluding hydrogens is 351 g/mol. The van der Waals surface area contributed by atoms with E-state index in [0.29, 0.717) is 17.4 Å². The molecule has 27 heavy (non-hydrogen) atoms. The predicted octanol–water partition coefficient (Wildman–Crippen LogP) is 5.18. The van der Waals surface area contributed by atoms with E-state index < -0.39 is 16.4 Å². The molecule has 0 bridgehead atoms. The molecule has 0 unspecified atom stereocenters. The molecule has 0 aliphatic heterocycles. The van der Waals surface area contributed by atoms with Gasteiger partial charge in [-0.25, -0.2) is 9.37 Å². The minimum Gasteiger partial charge on any atom is -0.434 e. The molecular formula is C19H17FN4O3. The van der Waals surface area contributed by atoms with Gasteiger partial charge >= 0.3 is 11.6 Å². The third-order valence-electron chi connectivity index (χ3n) is 3.84. The molecule has 3 rings (SSSR count). The minimum atomic E-state index is -0.621. The summed E-state index contributed by atoms with van der Waals surface area (Å²) in [6, 6.07) is 12.6. The number of rotatable bonds is 6. The van der Waals surface area contributed by atoms with Crippen molar-refractivity contribution in [3.05, 3.63) is 76.4 Å². The van der Waals surface area contributed by atoms with Crippen molar-refractivity contribution in [3.8, 4) is 11.6 Å². The summed E-state index contributed by atoms with van der Waals surface area (Å²) in [7, 11) is 0. The fourth-order valence-electron chi connectivity index (χ4n) is 2.40. The van der Waals surface area contributed by atoms with Gasteiger partial charge in [-0.1, -0.05) is 26.0 Å². The molecule has 1 N–H and O–H groups in total. The number of nitro groups is 1. The molecule has 0 aliphatic rings. The first-order valence-corrected chi connectivity index (χ1v) is 8.24. The summed E-state index contributed by atoms with van der Waals surface area (Å²) in [5, 5.41) is 14.4. The van der Waals surface area contributed by atoms with E-state index in [0.717, 1.165) is 11.9 Å². The van der Waals surface area contributed by atoms with E-state index in [2.05, 4.69) is 29.1 Å². The summed E-state index contributed by atoms with van der Waals surface area (Å²) >= 11 is 0. The molecule has 0 radical (unpaired) electrons. The Morgan fingerprint density at radius 3 is 2.33 bits per heavy atom. The molecule has 2 aromatic carbocycles. The number of hydrogen-bond donors (Lipinski definition) is 1. The molecule has 0 atom stereocenters. The van der Waals surface area contributed by atoms with Crippen molar-refractivity contribution >= 4 is 17.2 Å². The van der Waals surface area contributed by atoms with Gasteiger partial charge in [0.1, 0.15) is 17.9 Å². The molecule has 138 valence electrons. The molecule has 0 aliphatic carbocycles. The standard InChI is InChI=1S/C19H17FN4O3/c1-12(2)13-3-9-16(10-4-13)27-19-17(24(25)26)18(21-11-22-19)23-15-7-5-14(20)6-8-15/h3-12H,1-2H3,(H,21,22,23). The Bertz CT molecular complexity index is 944. The van der Waals surface area contributed by atoms with Crippen LogP contribution in [0.3, 0.4) is 0 Å². The zero-order chi connectivity index (χ0) is 19.4. The highest BCUT2D eigenvalue weighted by Crippen LogP contribution is 2.35. The summed E-state index contributed by atoms with van der Waals surface area (Å²) in [4.78, 5) is 18.8. The first-order chi connectivity index (χ1) is 12.9. The second kappa shape index (κ2) is 7.77. The Morgan fingerprint density at radius 2 is 1.74 bits per heavy atom. The maximum absolute atomic E-state index is 13.0. The van der Waals surface area contributed by atoms with Gasteiger partial charge in [0.05, 0.1) is 4.92 Å².